The van der Waals surface area contributed by atoms with Crippen LogP contribution >= 0.6 is 0 Å². The molecular weight excluding hydrogens is 618 g/mol. The summed E-state index contributed by atoms with van der Waals surface area (Å²) in [5.74, 6) is -0.0556. The standard InChI is InChI=1S/C38H43N7O4/c1-22-16-27(38(49)45-15-14-29-20-40-37(48)34(29)45)11-13-31(22)25-6-2-23(3-7-25)17-33(43-35(46)26-8-4-24(19-39)5-9-26)36(47)42-30-12-10-28-21-41-44-32(28)18-30/h2-3,6-7,10-13,16,18,21,24,26,29,33-34H,4-5,8-9,14-15,17,19-20,39H2,1H3,(H,40,48)(H,41,44)(H,42,47)(H,43,46)/t24?,26?,29-,33+,34+/m1/s1. The average molecular weight is 662 g/mol. The van der Waals surface area contributed by atoms with Gasteiger partial charge in [-0.1, -0.05) is 30.3 Å². The third-order valence-corrected chi connectivity index (χ3v) is 10.7. The lowest BCUT2D eigenvalue weighted by atomic mass is 9.81. The van der Waals surface area contributed by atoms with Gasteiger partial charge in [-0.05, 0) is 104 Å². The maximum absolute atomic E-state index is 13.7. The number of nitrogens with one attached hydrogen (secondary N) is 4. The molecule has 1 saturated carbocycles. The zero-order valence-corrected chi connectivity index (χ0v) is 27.7. The number of hydrogen-bond acceptors (Lipinski definition) is 6. The number of rotatable bonds is 9. The van der Waals surface area contributed by atoms with Crippen molar-refractivity contribution in [1.29, 1.82) is 0 Å². The van der Waals surface area contributed by atoms with Crippen LogP contribution in [0.5, 0.6) is 0 Å². The molecule has 11 heteroatoms. The van der Waals surface area contributed by atoms with E-state index in [1.165, 1.54) is 0 Å². The number of H-pyrrole nitrogens is 1. The second-order valence-corrected chi connectivity index (χ2v) is 13.8. The minimum Gasteiger partial charge on any atom is -0.354 e. The molecule has 3 heterocycles. The first kappa shape index (κ1) is 32.5. The highest BCUT2D eigenvalue weighted by atomic mass is 16.2. The summed E-state index contributed by atoms with van der Waals surface area (Å²) in [4.78, 5) is 54.5. The van der Waals surface area contributed by atoms with E-state index in [1.807, 2.05) is 67.6 Å². The summed E-state index contributed by atoms with van der Waals surface area (Å²) in [7, 11) is 0. The molecule has 2 aliphatic heterocycles. The summed E-state index contributed by atoms with van der Waals surface area (Å²) in [6.07, 6.45) is 6.25. The topological polar surface area (TPSA) is 162 Å². The first-order valence-corrected chi connectivity index (χ1v) is 17.3. The molecule has 4 aromatic rings. The average Bonchev–Trinajstić information content (AvgIpc) is 3.86. The molecule has 0 bridgehead atoms. The summed E-state index contributed by atoms with van der Waals surface area (Å²) < 4.78 is 0. The molecule has 6 N–H and O–H groups in total. The molecule has 0 radical (unpaired) electrons. The van der Waals surface area contributed by atoms with Crippen molar-refractivity contribution in [1.82, 2.24) is 25.7 Å². The van der Waals surface area contributed by atoms with Crippen molar-refractivity contribution in [2.45, 2.75) is 57.5 Å². The lowest BCUT2D eigenvalue weighted by Crippen LogP contribution is -2.48. The van der Waals surface area contributed by atoms with E-state index in [0.717, 1.165) is 65.3 Å². The Balaban J connectivity index is 1.05. The van der Waals surface area contributed by atoms with Crippen molar-refractivity contribution in [3.63, 3.8) is 0 Å². The number of likely N-dealkylation sites (tertiary alicyclic amines) is 1. The van der Waals surface area contributed by atoms with E-state index in [0.29, 0.717) is 43.2 Å². The molecule has 254 valence electrons. The fourth-order valence-corrected chi connectivity index (χ4v) is 7.74. The van der Waals surface area contributed by atoms with Gasteiger partial charge >= 0.3 is 0 Å². The van der Waals surface area contributed by atoms with Gasteiger partial charge in [0, 0.05) is 48.0 Å². The molecule has 11 nitrogen and oxygen atoms in total. The van der Waals surface area contributed by atoms with Crippen molar-refractivity contribution in [2.24, 2.45) is 23.5 Å². The summed E-state index contributed by atoms with van der Waals surface area (Å²) >= 11 is 0. The van der Waals surface area contributed by atoms with Crippen LogP contribution in [0.15, 0.2) is 66.9 Å². The van der Waals surface area contributed by atoms with Crippen LogP contribution in [0.1, 0.15) is 53.6 Å². The highest BCUT2D eigenvalue weighted by Crippen LogP contribution is 2.32. The Bertz CT molecular complexity index is 1880. The zero-order chi connectivity index (χ0) is 34.1. The molecule has 3 aromatic carbocycles. The van der Waals surface area contributed by atoms with Gasteiger partial charge in [-0.25, -0.2) is 0 Å². The molecule has 2 saturated heterocycles. The molecule has 0 spiro atoms. The van der Waals surface area contributed by atoms with Gasteiger partial charge in [-0.15, -0.1) is 0 Å². The quantitative estimate of drug-likeness (QED) is 0.183. The molecule has 3 atom stereocenters. The number of carbonyl (C=O) groups is 4. The van der Waals surface area contributed by atoms with Crippen molar-refractivity contribution in [3.05, 3.63) is 83.6 Å². The third kappa shape index (κ3) is 6.80. The number of aryl methyl sites for hydroxylation is 1. The Morgan fingerprint density at radius 2 is 1.80 bits per heavy atom. The lowest BCUT2D eigenvalue weighted by molar-refractivity contribution is -0.130. The van der Waals surface area contributed by atoms with Crippen LogP contribution in [0.3, 0.4) is 0 Å². The van der Waals surface area contributed by atoms with Crippen LogP contribution in [-0.4, -0.2) is 70.4 Å². The summed E-state index contributed by atoms with van der Waals surface area (Å²) in [5, 5.41) is 16.9. The predicted molar refractivity (Wildman–Crippen MR) is 187 cm³/mol. The van der Waals surface area contributed by atoms with Crippen LogP contribution in [0, 0.1) is 24.7 Å². The van der Waals surface area contributed by atoms with Gasteiger partial charge in [-0.2, -0.15) is 5.10 Å². The normalized spacial score (nSPS) is 22.4. The Hall–Kier alpha value is -5.03. The molecule has 49 heavy (non-hydrogen) atoms. The summed E-state index contributed by atoms with van der Waals surface area (Å²) in [5.41, 5.74) is 11.7. The fraction of sp³-hybridized carbons (Fsp3) is 0.395. The molecule has 0 unspecified atom stereocenters. The van der Waals surface area contributed by atoms with Gasteiger partial charge in [0.25, 0.3) is 5.91 Å². The zero-order valence-electron chi connectivity index (χ0n) is 27.7. The largest absolute Gasteiger partial charge is 0.354 e. The molecular formula is C38H43N7O4. The van der Waals surface area contributed by atoms with E-state index >= 15 is 0 Å². The second kappa shape index (κ2) is 13.8. The minimum absolute atomic E-state index is 0.0613. The van der Waals surface area contributed by atoms with Crippen LogP contribution < -0.4 is 21.7 Å². The van der Waals surface area contributed by atoms with E-state index in [4.69, 9.17) is 5.73 Å². The Morgan fingerprint density at radius 3 is 2.55 bits per heavy atom. The molecule has 7 rings (SSSR count). The van der Waals surface area contributed by atoms with Crippen LogP contribution in [0.25, 0.3) is 22.0 Å². The number of carbonyl (C=O) groups excluding carboxylic acids is 4. The van der Waals surface area contributed by atoms with E-state index < -0.39 is 6.04 Å². The van der Waals surface area contributed by atoms with Crippen molar-refractivity contribution in [2.75, 3.05) is 25.0 Å². The number of aromatic nitrogens is 2. The van der Waals surface area contributed by atoms with Gasteiger partial charge in [0.05, 0.1) is 11.7 Å². The van der Waals surface area contributed by atoms with Crippen LogP contribution in [0.4, 0.5) is 5.69 Å². The van der Waals surface area contributed by atoms with Crippen LogP contribution in [-0.2, 0) is 20.8 Å². The number of hydrogen-bond donors (Lipinski definition) is 5. The monoisotopic (exact) mass is 661 g/mol. The molecule has 1 aliphatic carbocycles. The fourth-order valence-electron chi connectivity index (χ4n) is 7.74. The van der Waals surface area contributed by atoms with E-state index in [2.05, 4.69) is 26.1 Å². The number of nitrogens with zero attached hydrogens (tertiary/aromatic N) is 2. The SMILES string of the molecule is Cc1cc(C(=O)N2CC[C@@H]3CNC(=O)[C@H]32)ccc1-c1ccc(C[C@H](NC(=O)C2CCC(CN)CC2)C(=O)Nc2ccc3cn[nH]c3c2)cc1. The van der Waals surface area contributed by atoms with Gasteiger partial charge in [0.1, 0.15) is 12.1 Å². The van der Waals surface area contributed by atoms with E-state index in [9.17, 15) is 19.2 Å². The number of aromatic amines is 1. The Kier molecular flexibility index (Phi) is 9.18. The van der Waals surface area contributed by atoms with E-state index in [1.54, 1.807) is 11.1 Å². The van der Waals surface area contributed by atoms with Crippen molar-refractivity contribution in [3.8, 4) is 11.1 Å². The smallest absolute Gasteiger partial charge is 0.254 e. The van der Waals surface area contributed by atoms with Crippen molar-refractivity contribution < 1.29 is 19.2 Å². The Morgan fingerprint density at radius 1 is 1.00 bits per heavy atom. The van der Waals surface area contributed by atoms with Crippen molar-refractivity contribution >= 4 is 40.2 Å². The minimum atomic E-state index is -0.776. The highest BCUT2D eigenvalue weighted by Gasteiger charge is 2.45. The first-order chi connectivity index (χ1) is 23.8. The maximum atomic E-state index is 13.7. The molecule has 1 aromatic heterocycles. The highest BCUT2D eigenvalue weighted by molar-refractivity contribution is 6.00. The summed E-state index contributed by atoms with van der Waals surface area (Å²) in [6.45, 7) is 3.85. The number of benzene rings is 3. The Labute approximate surface area is 285 Å². The maximum Gasteiger partial charge on any atom is 0.254 e. The number of amides is 4. The van der Waals surface area contributed by atoms with Gasteiger partial charge in [0.15, 0.2) is 0 Å². The second-order valence-electron chi connectivity index (χ2n) is 13.8. The first-order valence-electron chi connectivity index (χ1n) is 17.3. The molecule has 3 fully saturated rings. The predicted octanol–water partition coefficient (Wildman–Crippen LogP) is 3.93. The third-order valence-electron chi connectivity index (χ3n) is 10.7. The lowest BCUT2D eigenvalue weighted by Gasteiger charge is -2.28. The van der Waals surface area contributed by atoms with E-state index in [-0.39, 0.29) is 41.5 Å². The van der Waals surface area contributed by atoms with Gasteiger partial charge in [-0.3, -0.25) is 24.3 Å². The number of nitrogens with two attached hydrogens (primary N) is 1. The molecule has 4 amide bonds. The molecule has 3 aliphatic rings. The van der Waals surface area contributed by atoms with Crippen LogP contribution in [0.2, 0.25) is 0 Å². The number of anilines is 1. The van der Waals surface area contributed by atoms with Gasteiger partial charge < -0.3 is 26.6 Å². The summed E-state index contributed by atoms with van der Waals surface area (Å²) in [6, 6.07) is 18.0. The van der Waals surface area contributed by atoms with Gasteiger partial charge in [0.2, 0.25) is 17.7 Å². The number of fused-ring (bicyclic) bond motifs is 2.